The first-order valence-electron chi connectivity index (χ1n) is 8.49. The predicted molar refractivity (Wildman–Crippen MR) is 88.7 cm³/mol. The van der Waals surface area contributed by atoms with E-state index < -0.39 is 0 Å². The molecule has 2 N–H and O–H groups in total. The molecule has 0 bridgehead atoms. The van der Waals surface area contributed by atoms with Crippen LogP contribution in [0, 0.1) is 0 Å². The first kappa shape index (κ1) is 16.3. The molecule has 1 atom stereocenters. The van der Waals surface area contributed by atoms with Crippen molar-refractivity contribution in [1.29, 1.82) is 0 Å². The van der Waals surface area contributed by atoms with Gasteiger partial charge in [0.05, 0.1) is 12.6 Å². The highest BCUT2D eigenvalue weighted by Gasteiger charge is 2.28. The van der Waals surface area contributed by atoms with Crippen LogP contribution in [0.5, 0.6) is 5.75 Å². The second kappa shape index (κ2) is 8.40. The van der Waals surface area contributed by atoms with Gasteiger partial charge >= 0.3 is 0 Å². The Morgan fingerprint density at radius 2 is 1.90 bits per heavy atom. The fourth-order valence-corrected chi connectivity index (χ4v) is 3.63. The Morgan fingerprint density at radius 3 is 2.52 bits per heavy atom. The minimum absolute atomic E-state index is 0.265. The lowest BCUT2D eigenvalue weighted by molar-refractivity contribution is 0.111. The van der Waals surface area contributed by atoms with Gasteiger partial charge in [0.1, 0.15) is 5.75 Å². The summed E-state index contributed by atoms with van der Waals surface area (Å²) in [5, 5.41) is 0. The fourth-order valence-electron chi connectivity index (χ4n) is 3.63. The van der Waals surface area contributed by atoms with E-state index in [-0.39, 0.29) is 6.04 Å². The zero-order valence-corrected chi connectivity index (χ0v) is 13.6. The van der Waals surface area contributed by atoms with E-state index in [1.165, 1.54) is 37.7 Å². The lowest BCUT2D eigenvalue weighted by Crippen LogP contribution is -2.42. The molecule has 0 spiro atoms. The van der Waals surface area contributed by atoms with Crippen molar-refractivity contribution in [2.24, 2.45) is 5.73 Å². The largest absolute Gasteiger partial charge is 0.494 e. The second-order valence-corrected chi connectivity index (χ2v) is 5.84. The SMILES string of the molecule is CCOc1ccccc1C(CN)N(CC)C1CCCCC1. The maximum Gasteiger partial charge on any atom is 0.124 e. The van der Waals surface area contributed by atoms with Crippen LogP contribution in [-0.4, -0.2) is 30.6 Å². The molecule has 1 aromatic carbocycles. The maximum absolute atomic E-state index is 6.16. The number of para-hydroxylation sites is 1. The molecule has 1 aliphatic rings. The summed E-state index contributed by atoms with van der Waals surface area (Å²) in [6, 6.07) is 9.31. The van der Waals surface area contributed by atoms with E-state index in [4.69, 9.17) is 10.5 Å². The molecule has 0 saturated heterocycles. The maximum atomic E-state index is 6.16. The summed E-state index contributed by atoms with van der Waals surface area (Å²) in [7, 11) is 0. The topological polar surface area (TPSA) is 38.5 Å². The summed E-state index contributed by atoms with van der Waals surface area (Å²) in [5.41, 5.74) is 7.40. The highest BCUT2D eigenvalue weighted by Crippen LogP contribution is 2.33. The number of likely N-dealkylation sites (N-methyl/N-ethyl adjacent to an activating group) is 1. The van der Waals surface area contributed by atoms with Gasteiger partial charge in [0, 0.05) is 18.2 Å². The van der Waals surface area contributed by atoms with E-state index in [9.17, 15) is 0 Å². The average molecular weight is 290 g/mol. The number of rotatable bonds is 7. The van der Waals surface area contributed by atoms with E-state index in [1.807, 2.05) is 13.0 Å². The number of benzene rings is 1. The molecule has 0 aromatic heterocycles. The van der Waals surface area contributed by atoms with Crippen LogP contribution in [0.25, 0.3) is 0 Å². The lowest BCUT2D eigenvalue weighted by atomic mass is 9.91. The summed E-state index contributed by atoms with van der Waals surface area (Å²) < 4.78 is 5.82. The summed E-state index contributed by atoms with van der Waals surface area (Å²) in [6.07, 6.45) is 6.70. The minimum atomic E-state index is 0.265. The van der Waals surface area contributed by atoms with Gasteiger partial charge in [0.2, 0.25) is 0 Å². The highest BCUT2D eigenvalue weighted by atomic mass is 16.5. The number of hydrogen-bond acceptors (Lipinski definition) is 3. The van der Waals surface area contributed by atoms with Crippen molar-refractivity contribution in [1.82, 2.24) is 4.90 Å². The van der Waals surface area contributed by atoms with Crippen LogP contribution in [0.2, 0.25) is 0 Å². The molecule has 1 aliphatic carbocycles. The van der Waals surface area contributed by atoms with Crippen molar-refractivity contribution in [3.8, 4) is 5.75 Å². The summed E-state index contributed by atoms with van der Waals surface area (Å²) in [5.74, 6) is 0.990. The Morgan fingerprint density at radius 1 is 1.19 bits per heavy atom. The van der Waals surface area contributed by atoms with E-state index in [0.717, 1.165) is 12.3 Å². The third-order valence-electron chi connectivity index (χ3n) is 4.61. The Bertz CT molecular complexity index is 415. The summed E-state index contributed by atoms with van der Waals surface area (Å²) >= 11 is 0. The number of hydrogen-bond donors (Lipinski definition) is 1. The predicted octanol–water partition coefficient (Wildman–Crippen LogP) is 3.74. The molecule has 1 saturated carbocycles. The van der Waals surface area contributed by atoms with Crippen LogP contribution >= 0.6 is 0 Å². The van der Waals surface area contributed by atoms with Crippen molar-refractivity contribution >= 4 is 0 Å². The van der Waals surface area contributed by atoms with Crippen molar-refractivity contribution in [3.05, 3.63) is 29.8 Å². The number of nitrogens with two attached hydrogens (primary N) is 1. The average Bonchev–Trinajstić information content (AvgIpc) is 2.54. The molecule has 0 radical (unpaired) electrons. The van der Waals surface area contributed by atoms with E-state index in [1.54, 1.807) is 0 Å². The molecule has 118 valence electrons. The van der Waals surface area contributed by atoms with Gasteiger partial charge in [-0.05, 0) is 32.4 Å². The first-order chi connectivity index (χ1) is 10.3. The molecular weight excluding hydrogens is 260 g/mol. The third kappa shape index (κ3) is 3.98. The van der Waals surface area contributed by atoms with Crippen LogP contribution < -0.4 is 10.5 Å². The van der Waals surface area contributed by atoms with Gasteiger partial charge in [0.25, 0.3) is 0 Å². The Labute approximate surface area is 129 Å². The Hall–Kier alpha value is -1.06. The monoisotopic (exact) mass is 290 g/mol. The number of nitrogens with zero attached hydrogens (tertiary/aromatic N) is 1. The Kier molecular flexibility index (Phi) is 6.52. The van der Waals surface area contributed by atoms with Crippen molar-refractivity contribution in [2.75, 3.05) is 19.7 Å². The van der Waals surface area contributed by atoms with E-state index >= 15 is 0 Å². The van der Waals surface area contributed by atoms with Gasteiger partial charge in [-0.2, -0.15) is 0 Å². The van der Waals surface area contributed by atoms with Crippen molar-refractivity contribution < 1.29 is 4.74 Å². The van der Waals surface area contributed by atoms with Crippen LogP contribution in [0.15, 0.2) is 24.3 Å². The first-order valence-corrected chi connectivity index (χ1v) is 8.49. The molecule has 1 unspecified atom stereocenters. The summed E-state index contributed by atoms with van der Waals surface area (Å²) in [4.78, 5) is 2.59. The quantitative estimate of drug-likeness (QED) is 0.831. The third-order valence-corrected chi connectivity index (χ3v) is 4.61. The molecule has 0 heterocycles. The van der Waals surface area contributed by atoms with Crippen molar-refractivity contribution in [2.45, 2.75) is 58.0 Å². The van der Waals surface area contributed by atoms with E-state index in [2.05, 4.69) is 30.0 Å². The van der Waals surface area contributed by atoms with Gasteiger partial charge in [-0.3, -0.25) is 4.90 Å². The number of ether oxygens (including phenoxy) is 1. The molecule has 3 heteroatoms. The smallest absolute Gasteiger partial charge is 0.124 e. The molecule has 3 nitrogen and oxygen atoms in total. The molecule has 0 aliphatic heterocycles. The standard InChI is InChI=1S/C18H30N2O/c1-3-20(15-10-6-5-7-11-15)17(14-19)16-12-8-9-13-18(16)21-4-2/h8-9,12-13,15,17H,3-7,10-11,14,19H2,1-2H3. The zero-order valence-electron chi connectivity index (χ0n) is 13.6. The molecular formula is C18H30N2O. The van der Waals surface area contributed by atoms with Crippen molar-refractivity contribution in [3.63, 3.8) is 0 Å². The zero-order chi connectivity index (χ0) is 15.1. The lowest BCUT2D eigenvalue weighted by Gasteiger charge is -2.39. The normalized spacial score (nSPS) is 17.9. The molecule has 1 fully saturated rings. The van der Waals surface area contributed by atoms with Crippen LogP contribution in [0.4, 0.5) is 0 Å². The molecule has 2 rings (SSSR count). The molecule has 21 heavy (non-hydrogen) atoms. The molecule has 0 amide bonds. The van der Waals surface area contributed by atoms with Gasteiger partial charge < -0.3 is 10.5 Å². The van der Waals surface area contributed by atoms with E-state index in [0.29, 0.717) is 19.2 Å². The van der Waals surface area contributed by atoms with Crippen LogP contribution in [-0.2, 0) is 0 Å². The van der Waals surface area contributed by atoms with Gasteiger partial charge in [-0.15, -0.1) is 0 Å². The van der Waals surface area contributed by atoms with Gasteiger partial charge in [-0.25, -0.2) is 0 Å². The summed E-state index contributed by atoms with van der Waals surface area (Å²) in [6.45, 7) is 6.68. The van der Waals surface area contributed by atoms with Gasteiger partial charge in [-0.1, -0.05) is 44.4 Å². The van der Waals surface area contributed by atoms with Crippen LogP contribution in [0.1, 0.15) is 57.6 Å². The second-order valence-electron chi connectivity index (χ2n) is 5.84. The Balaban J connectivity index is 2.23. The fraction of sp³-hybridized carbons (Fsp3) is 0.667. The highest BCUT2D eigenvalue weighted by molar-refractivity contribution is 5.36. The molecule has 1 aromatic rings. The minimum Gasteiger partial charge on any atom is -0.494 e. The van der Waals surface area contributed by atoms with Gasteiger partial charge in [0.15, 0.2) is 0 Å². The van der Waals surface area contributed by atoms with Crippen LogP contribution in [0.3, 0.4) is 0 Å².